The minimum absolute atomic E-state index is 0.432. The summed E-state index contributed by atoms with van der Waals surface area (Å²) in [4.78, 5) is 27.5. The molecule has 0 saturated heterocycles. The Morgan fingerprint density at radius 2 is 2.10 bits per heavy atom. The number of aliphatic imine (C=N–C) groups is 1. The van der Waals surface area contributed by atoms with Crippen LogP contribution < -0.4 is 10.1 Å². The van der Waals surface area contributed by atoms with E-state index in [0.29, 0.717) is 18.1 Å². The number of rotatable bonds is 4. The molecule has 1 aliphatic heterocycles. The number of nitrogens with one attached hydrogen (secondary N) is 1. The lowest BCUT2D eigenvalue weighted by atomic mass is 9.88. The monoisotopic (exact) mass is 290 g/mol. The van der Waals surface area contributed by atoms with Crippen molar-refractivity contribution in [1.82, 2.24) is 5.32 Å². The Balaban J connectivity index is 2.47. The van der Waals surface area contributed by atoms with Gasteiger partial charge in [-0.05, 0) is 19.9 Å². The highest BCUT2D eigenvalue weighted by molar-refractivity contribution is 6.08. The molecule has 0 spiro atoms. The van der Waals surface area contributed by atoms with E-state index in [9.17, 15) is 9.59 Å². The Hall–Kier alpha value is -2.37. The topological polar surface area (TPSA) is 77.0 Å². The van der Waals surface area contributed by atoms with Crippen molar-refractivity contribution >= 4 is 17.7 Å². The van der Waals surface area contributed by atoms with Gasteiger partial charge in [-0.1, -0.05) is 18.2 Å². The highest BCUT2D eigenvalue weighted by Gasteiger charge is 2.38. The van der Waals surface area contributed by atoms with Gasteiger partial charge in [-0.15, -0.1) is 0 Å². The molecule has 1 heterocycles. The van der Waals surface area contributed by atoms with Crippen molar-refractivity contribution in [2.45, 2.75) is 19.9 Å². The van der Waals surface area contributed by atoms with E-state index in [0.717, 1.165) is 5.56 Å². The van der Waals surface area contributed by atoms with Crippen molar-refractivity contribution in [1.29, 1.82) is 0 Å². The fraction of sp³-hybridized carbons (Fsp3) is 0.400. The number of benzene rings is 1. The third-order valence-electron chi connectivity index (χ3n) is 3.35. The maximum atomic E-state index is 12.0. The molecule has 0 radical (unpaired) electrons. The summed E-state index contributed by atoms with van der Waals surface area (Å²) in [6.45, 7) is 4.02. The summed E-state index contributed by atoms with van der Waals surface area (Å²) in [5.41, 5.74) is 1.17. The first-order valence-electron chi connectivity index (χ1n) is 6.73. The average molecular weight is 290 g/mol. The van der Waals surface area contributed by atoms with Gasteiger partial charge >= 0.3 is 12.0 Å². The van der Waals surface area contributed by atoms with E-state index >= 15 is 0 Å². The number of hydrogen-bond donors (Lipinski definition) is 1. The second-order valence-corrected chi connectivity index (χ2v) is 4.65. The predicted octanol–water partition coefficient (Wildman–Crippen LogP) is 2.10. The van der Waals surface area contributed by atoms with Crippen LogP contribution in [0.4, 0.5) is 4.79 Å². The molecule has 1 aromatic rings. The molecular formula is C15H18N2O4. The van der Waals surface area contributed by atoms with Gasteiger partial charge in [0.1, 0.15) is 11.7 Å². The van der Waals surface area contributed by atoms with Crippen LogP contribution in [0.2, 0.25) is 0 Å². The fourth-order valence-electron chi connectivity index (χ4n) is 2.43. The molecule has 0 saturated carbocycles. The predicted molar refractivity (Wildman–Crippen MR) is 77.5 cm³/mol. The van der Waals surface area contributed by atoms with Crippen molar-refractivity contribution in [2.24, 2.45) is 10.9 Å². The van der Waals surface area contributed by atoms with E-state index in [2.05, 4.69) is 10.3 Å². The Kier molecular flexibility index (Phi) is 4.57. The third kappa shape index (κ3) is 3.04. The van der Waals surface area contributed by atoms with Crippen LogP contribution in [0, 0.1) is 5.92 Å². The molecule has 2 atom stereocenters. The molecule has 0 aliphatic carbocycles. The number of hydrogen-bond acceptors (Lipinski definition) is 4. The molecule has 0 bridgehead atoms. The summed E-state index contributed by atoms with van der Waals surface area (Å²) >= 11 is 0. The number of esters is 1. The van der Waals surface area contributed by atoms with Crippen LogP contribution in [0.25, 0.3) is 0 Å². The van der Waals surface area contributed by atoms with Gasteiger partial charge in [0.05, 0.1) is 19.8 Å². The Bertz CT molecular complexity index is 583. The van der Waals surface area contributed by atoms with Gasteiger partial charge in [-0.2, -0.15) is 0 Å². The minimum atomic E-state index is -0.658. The lowest BCUT2D eigenvalue weighted by Crippen LogP contribution is -2.44. The maximum Gasteiger partial charge on any atom is 0.341 e. The number of carbonyl (C=O) groups is 2. The van der Waals surface area contributed by atoms with Crippen LogP contribution in [-0.2, 0) is 9.53 Å². The molecule has 1 N–H and O–H groups in total. The van der Waals surface area contributed by atoms with E-state index in [-0.39, 0.29) is 0 Å². The number of urea groups is 1. The molecule has 1 aromatic carbocycles. The Morgan fingerprint density at radius 3 is 2.76 bits per heavy atom. The van der Waals surface area contributed by atoms with Gasteiger partial charge in [-0.25, -0.2) is 9.79 Å². The van der Waals surface area contributed by atoms with Crippen molar-refractivity contribution in [3.8, 4) is 5.75 Å². The molecule has 112 valence electrons. The first kappa shape index (κ1) is 15.0. The van der Waals surface area contributed by atoms with Crippen LogP contribution in [0.1, 0.15) is 25.5 Å². The normalized spacial score (nSPS) is 21.3. The number of ether oxygens (including phenoxy) is 2. The molecule has 21 heavy (non-hydrogen) atoms. The summed E-state index contributed by atoms with van der Waals surface area (Å²) in [6.07, 6.45) is 0. The van der Waals surface area contributed by atoms with E-state index in [1.54, 1.807) is 13.0 Å². The van der Waals surface area contributed by atoms with Crippen molar-refractivity contribution in [3.63, 3.8) is 0 Å². The van der Waals surface area contributed by atoms with Crippen LogP contribution in [0.5, 0.6) is 5.75 Å². The molecule has 2 amide bonds. The van der Waals surface area contributed by atoms with Crippen LogP contribution in [0.3, 0.4) is 0 Å². The zero-order chi connectivity index (χ0) is 15.4. The van der Waals surface area contributed by atoms with Crippen molar-refractivity contribution in [2.75, 3.05) is 13.7 Å². The van der Waals surface area contributed by atoms with Gasteiger partial charge in [0.25, 0.3) is 0 Å². The minimum Gasteiger partial charge on any atom is -0.494 e. The summed E-state index contributed by atoms with van der Waals surface area (Å²) in [7, 11) is 1.32. The SMILES string of the molecule is CCOc1ccccc1C1NC(=O)N=C(C)C1C(=O)OC. The average Bonchev–Trinajstić information content (AvgIpc) is 2.46. The number of para-hydroxylation sites is 1. The lowest BCUT2D eigenvalue weighted by molar-refractivity contribution is -0.143. The largest absolute Gasteiger partial charge is 0.494 e. The fourth-order valence-corrected chi connectivity index (χ4v) is 2.43. The smallest absolute Gasteiger partial charge is 0.341 e. The first-order chi connectivity index (χ1) is 10.1. The van der Waals surface area contributed by atoms with Crippen LogP contribution in [-0.4, -0.2) is 31.4 Å². The van der Waals surface area contributed by atoms with E-state index in [1.807, 2.05) is 25.1 Å². The molecule has 6 nitrogen and oxygen atoms in total. The molecule has 0 aromatic heterocycles. The van der Waals surface area contributed by atoms with Crippen molar-refractivity contribution in [3.05, 3.63) is 29.8 Å². The summed E-state index contributed by atoms with van der Waals surface area (Å²) in [5, 5.41) is 2.72. The van der Waals surface area contributed by atoms with Gasteiger partial charge in [0, 0.05) is 11.3 Å². The summed E-state index contributed by atoms with van der Waals surface area (Å²) in [6, 6.07) is 6.28. The molecular weight excluding hydrogens is 272 g/mol. The first-order valence-corrected chi connectivity index (χ1v) is 6.73. The molecule has 2 unspecified atom stereocenters. The third-order valence-corrected chi connectivity index (χ3v) is 3.35. The van der Waals surface area contributed by atoms with Crippen LogP contribution >= 0.6 is 0 Å². The zero-order valence-electron chi connectivity index (χ0n) is 12.3. The summed E-state index contributed by atoms with van der Waals surface area (Å²) < 4.78 is 10.4. The van der Waals surface area contributed by atoms with Gasteiger partial charge < -0.3 is 14.8 Å². The molecule has 1 aliphatic rings. The highest BCUT2D eigenvalue weighted by atomic mass is 16.5. The number of nitrogens with zero attached hydrogens (tertiary/aromatic N) is 1. The highest BCUT2D eigenvalue weighted by Crippen LogP contribution is 2.33. The number of carbonyl (C=O) groups excluding carboxylic acids is 2. The van der Waals surface area contributed by atoms with Crippen molar-refractivity contribution < 1.29 is 19.1 Å². The molecule has 2 rings (SSSR count). The standard InChI is InChI=1S/C15H18N2O4/c1-4-21-11-8-6-5-7-10(11)13-12(14(18)20-3)9(2)16-15(19)17-13/h5-8,12-13H,4H2,1-3H3,(H,17,19). The lowest BCUT2D eigenvalue weighted by Gasteiger charge is -2.30. The van der Waals surface area contributed by atoms with Crippen LogP contribution in [0.15, 0.2) is 29.3 Å². The second-order valence-electron chi connectivity index (χ2n) is 4.65. The molecule has 0 fully saturated rings. The van der Waals surface area contributed by atoms with E-state index in [4.69, 9.17) is 9.47 Å². The van der Waals surface area contributed by atoms with Gasteiger partial charge in [-0.3, -0.25) is 4.79 Å². The molecule has 6 heteroatoms. The van der Waals surface area contributed by atoms with Gasteiger partial charge in [0.15, 0.2) is 0 Å². The van der Waals surface area contributed by atoms with Gasteiger partial charge in [0.2, 0.25) is 0 Å². The zero-order valence-corrected chi connectivity index (χ0v) is 12.3. The Labute approximate surface area is 123 Å². The van der Waals surface area contributed by atoms with E-state index < -0.39 is 24.0 Å². The number of methoxy groups -OCH3 is 1. The number of amides is 2. The Morgan fingerprint density at radius 1 is 1.38 bits per heavy atom. The summed E-state index contributed by atoms with van der Waals surface area (Å²) in [5.74, 6) is -0.462. The van der Waals surface area contributed by atoms with E-state index in [1.165, 1.54) is 7.11 Å². The quantitative estimate of drug-likeness (QED) is 0.861. The second kappa shape index (κ2) is 6.39. The maximum absolute atomic E-state index is 12.0.